The van der Waals surface area contributed by atoms with Gasteiger partial charge in [0.2, 0.25) is 0 Å². The van der Waals surface area contributed by atoms with Crippen molar-refractivity contribution in [3.05, 3.63) is 34.2 Å². The molecule has 0 atom stereocenters. The van der Waals surface area contributed by atoms with E-state index in [1.165, 1.54) is 0 Å². The predicted octanol–water partition coefficient (Wildman–Crippen LogP) is 2.71. The highest BCUT2D eigenvalue weighted by molar-refractivity contribution is 7.07. The van der Waals surface area contributed by atoms with Gasteiger partial charge < -0.3 is 0 Å². The van der Waals surface area contributed by atoms with Gasteiger partial charge in [0.1, 0.15) is 0 Å². The van der Waals surface area contributed by atoms with Crippen LogP contribution in [0, 0.1) is 0 Å². The maximum atomic E-state index is 3.74. The molecule has 2 heterocycles. The van der Waals surface area contributed by atoms with Crippen LogP contribution in [0.2, 0.25) is 0 Å². The number of aromatic nitrogens is 2. The fourth-order valence-electron chi connectivity index (χ4n) is 0.351. The number of nitrogens with zero attached hydrogens (tertiary/aromatic N) is 2. The molecular weight excluding hydrogens is 200 g/mol. The number of rotatable bonds is 0. The molecule has 0 bridgehead atoms. The van der Waals surface area contributed by atoms with Gasteiger partial charge in [0.25, 0.3) is 0 Å². The molecule has 0 saturated carbocycles. The van der Waals surface area contributed by atoms with Crippen molar-refractivity contribution in [2.75, 3.05) is 0 Å². The molecule has 0 amide bonds. The molecule has 0 saturated heterocycles. The third-order valence-electron chi connectivity index (χ3n) is 0.694. The van der Waals surface area contributed by atoms with E-state index >= 15 is 0 Å². The van der Waals surface area contributed by atoms with E-state index in [1.807, 2.05) is 10.8 Å². The molecule has 0 aliphatic carbocycles. The van der Waals surface area contributed by atoms with Gasteiger partial charge in [-0.1, -0.05) is 0 Å². The van der Waals surface area contributed by atoms with Crippen LogP contribution >= 0.6 is 35.1 Å². The summed E-state index contributed by atoms with van der Waals surface area (Å²) in [5.74, 6) is 0. The molecule has 2 aromatic rings. The summed E-state index contributed by atoms with van der Waals surface area (Å²) in [6.45, 7) is 0. The van der Waals surface area contributed by atoms with Crippen LogP contribution in [0.1, 0.15) is 0 Å². The maximum absolute atomic E-state index is 3.74. The molecule has 0 N–H and O–H groups in total. The minimum absolute atomic E-state index is 0. The highest BCUT2D eigenvalue weighted by Gasteiger charge is 1.59. The number of hydrogen-bond acceptors (Lipinski definition) is 4. The quantitative estimate of drug-likeness (QED) is 0.663. The SMILES string of the molecule is Cl.c1cscn1.c1cscn1. The van der Waals surface area contributed by atoms with Crippen LogP contribution in [0.15, 0.2) is 34.2 Å². The highest BCUT2D eigenvalue weighted by Crippen LogP contribution is 1.86. The molecule has 0 aromatic carbocycles. The zero-order valence-electron chi connectivity index (χ0n) is 5.58. The first-order valence-corrected chi connectivity index (χ1v) is 4.53. The minimum Gasteiger partial charge on any atom is -0.253 e. The average molecular weight is 207 g/mol. The van der Waals surface area contributed by atoms with Crippen molar-refractivity contribution in [3.63, 3.8) is 0 Å². The zero-order chi connectivity index (χ0) is 7.07. The Hall–Kier alpha value is -0.450. The van der Waals surface area contributed by atoms with E-state index in [4.69, 9.17) is 0 Å². The summed E-state index contributed by atoms with van der Waals surface area (Å²) >= 11 is 3.20. The standard InChI is InChI=1S/2C3H3NS.ClH/c2*1-2-5-3-4-1;/h2*1-3H;1H. The van der Waals surface area contributed by atoms with Crippen LogP contribution in [0.5, 0.6) is 0 Å². The first-order valence-electron chi connectivity index (χ1n) is 2.64. The van der Waals surface area contributed by atoms with Crippen molar-refractivity contribution in [3.8, 4) is 0 Å². The van der Waals surface area contributed by atoms with Crippen LogP contribution in [0.3, 0.4) is 0 Å². The second-order valence-corrected chi connectivity index (χ2v) is 2.86. The lowest BCUT2D eigenvalue weighted by Gasteiger charge is -1.41. The Labute approximate surface area is 79.4 Å². The number of thiazole rings is 2. The lowest BCUT2D eigenvalue weighted by Crippen LogP contribution is -1.38. The maximum Gasteiger partial charge on any atom is 0.0791 e. The fourth-order valence-corrected chi connectivity index (χ4v) is 1.05. The summed E-state index contributed by atoms with van der Waals surface area (Å²) in [4.78, 5) is 7.48. The number of halogens is 1. The molecule has 2 rings (SSSR count). The van der Waals surface area contributed by atoms with E-state index in [1.54, 1.807) is 46.1 Å². The predicted molar refractivity (Wildman–Crippen MR) is 51.5 cm³/mol. The summed E-state index contributed by atoms with van der Waals surface area (Å²) in [5.41, 5.74) is 3.58. The summed E-state index contributed by atoms with van der Waals surface area (Å²) in [7, 11) is 0. The number of hydrogen-bond donors (Lipinski definition) is 0. The van der Waals surface area contributed by atoms with Crippen molar-refractivity contribution >= 4 is 35.1 Å². The van der Waals surface area contributed by atoms with E-state index in [-0.39, 0.29) is 12.4 Å². The Morgan fingerprint density at radius 3 is 1.36 bits per heavy atom. The van der Waals surface area contributed by atoms with Gasteiger partial charge in [-0.3, -0.25) is 9.97 Å². The molecule has 0 aliphatic rings. The summed E-state index contributed by atoms with van der Waals surface area (Å²) in [5, 5.41) is 3.86. The lowest BCUT2D eigenvalue weighted by molar-refractivity contribution is 1.43. The van der Waals surface area contributed by atoms with Gasteiger partial charge in [0.15, 0.2) is 0 Å². The molecule has 11 heavy (non-hydrogen) atoms. The summed E-state index contributed by atoms with van der Waals surface area (Å²) < 4.78 is 0. The van der Waals surface area contributed by atoms with Gasteiger partial charge in [0, 0.05) is 23.2 Å². The Bertz CT molecular complexity index is 158. The average Bonchev–Trinajstić information content (AvgIpc) is 2.67. The van der Waals surface area contributed by atoms with E-state index in [9.17, 15) is 0 Å². The van der Waals surface area contributed by atoms with Crippen LogP contribution in [-0.2, 0) is 0 Å². The zero-order valence-corrected chi connectivity index (χ0v) is 8.03. The second kappa shape index (κ2) is 7.65. The molecule has 0 unspecified atom stereocenters. The molecule has 60 valence electrons. The molecule has 0 spiro atoms. The molecule has 2 nitrogen and oxygen atoms in total. The molecule has 0 fully saturated rings. The Balaban J connectivity index is 0.000000167. The van der Waals surface area contributed by atoms with Crippen LogP contribution in [0.25, 0.3) is 0 Å². The van der Waals surface area contributed by atoms with Crippen LogP contribution in [0.4, 0.5) is 0 Å². The topological polar surface area (TPSA) is 25.8 Å². The van der Waals surface area contributed by atoms with Gasteiger partial charge >= 0.3 is 0 Å². The lowest BCUT2D eigenvalue weighted by atomic mass is 11.0. The van der Waals surface area contributed by atoms with Crippen molar-refractivity contribution < 1.29 is 0 Å². The largest absolute Gasteiger partial charge is 0.253 e. The summed E-state index contributed by atoms with van der Waals surface area (Å²) in [6.07, 6.45) is 3.54. The first-order chi connectivity index (χ1) is 5.00. The third-order valence-corrected chi connectivity index (χ3v) is 1.74. The van der Waals surface area contributed by atoms with Crippen molar-refractivity contribution in [2.45, 2.75) is 0 Å². The Kier molecular flexibility index (Phi) is 7.34. The molecule has 0 radical (unpaired) electrons. The third kappa shape index (κ3) is 5.97. The Morgan fingerprint density at radius 1 is 0.818 bits per heavy atom. The minimum atomic E-state index is 0. The molecule has 2 aromatic heterocycles. The summed E-state index contributed by atoms with van der Waals surface area (Å²) in [6, 6.07) is 0. The second-order valence-electron chi connectivity index (χ2n) is 1.35. The Morgan fingerprint density at radius 2 is 1.27 bits per heavy atom. The monoisotopic (exact) mass is 206 g/mol. The van der Waals surface area contributed by atoms with E-state index < -0.39 is 0 Å². The van der Waals surface area contributed by atoms with Crippen molar-refractivity contribution in [1.29, 1.82) is 0 Å². The van der Waals surface area contributed by atoms with E-state index in [0.717, 1.165) is 0 Å². The van der Waals surface area contributed by atoms with E-state index in [2.05, 4.69) is 9.97 Å². The van der Waals surface area contributed by atoms with Gasteiger partial charge in [-0.2, -0.15) is 0 Å². The van der Waals surface area contributed by atoms with E-state index in [0.29, 0.717) is 0 Å². The smallest absolute Gasteiger partial charge is 0.0791 e. The van der Waals surface area contributed by atoms with Crippen LogP contribution in [-0.4, -0.2) is 9.97 Å². The normalized spacial score (nSPS) is 7.27. The fraction of sp³-hybridized carbons (Fsp3) is 0. The van der Waals surface area contributed by atoms with Gasteiger partial charge in [0.05, 0.1) is 11.0 Å². The van der Waals surface area contributed by atoms with Gasteiger partial charge in [-0.05, 0) is 0 Å². The molecule has 0 aliphatic heterocycles. The highest BCUT2D eigenvalue weighted by atomic mass is 35.5. The van der Waals surface area contributed by atoms with Crippen molar-refractivity contribution in [1.82, 2.24) is 9.97 Å². The van der Waals surface area contributed by atoms with Gasteiger partial charge in [-0.25, -0.2) is 0 Å². The van der Waals surface area contributed by atoms with Crippen molar-refractivity contribution in [2.24, 2.45) is 0 Å². The van der Waals surface area contributed by atoms with Gasteiger partial charge in [-0.15, -0.1) is 35.1 Å². The first kappa shape index (κ1) is 10.6. The molecule has 5 heteroatoms. The molecular formula is C6H7ClN2S2. The van der Waals surface area contributed by atoms with Crippen LogP contribution < -0.4 is 0 Å².